The average molecular weight is 192 g/mol. The van der Waals surface area contributed by atoms with E-state index in [1.54, 1.807) is 6.07 Å². The molecule has 1 aromatic rings. The molecule has 1 fully saturated rings. The van der Waals surface area contributed by atoms with Gasteiger partial charge < -0.3 is 4.74 Å². The number of hydrogen-bond acceptors (Lipinski definition) is 2. The highest BCUT2D eigenvalue weighted by Crippen LogP contribution is 2.42. The maximum atomic E-state index is 12.9. The molecular weight excluding hydrogens is 183 g/mol. The molecule has 2 atom stereocenters. The van der Waals surface area contributed by atoms with E-state index in [9.17, 15) is 9.18 Å². The van der Waals surface area contributed by atoms with Crippen LogP contribution in [0.2, 0.25) is 0 Å². The van der Waals surface area contributed by atoms with Crippen molar-refractivity contribution in [1.29, 1.82) is 0 Å². The van der Waals surface area contributed by atoms with Crippen molar-refractivity contribution in [2.75, 3.05) is 6.61 Å². The quantitative estimate of drug-likeness (QED) is 0.584. The summed E-state index contributed by atoms with van der Waals surface area (Å²) >= 11 is 0. The van der Waals surface area contributed by atoms with Crippen LogP contribution in [0.5, 0.6) is 0 Å². The molecule has 0 unspecified atom stereocenters. The first-order valence-corrected chi connectivity index (χ1v) is 4.70. The van der Waals surface area contributed by atoms with Crippen LogP contribution >= 0.6 is 0 Å². The number of ether oxygens (including phenoxy) is 1. The summed E-state index contributed by atoms with van der Waals surface area (Å²) in [6.07, 6.45) is 0.636. The Labute approximate surface area is 80.7 Å². The fourth-order valence-corrected chi connectivity index (χ4v) is 2.44. The molecule has 0 spiro atoms. The van der Waals surface area contributed by atoms with E-state index in [1.165, 1.54) is 12.1 Å². The molecule has 72 valence electrons. The monoisotopic (exact) mass is 192 g/mol. The lowest BCUT2D eigenvalue weighted by molar-refractivity contribution is -0.141. The van der Waals surface area contributed by atoms with Crippen molar-refractivity contribution in [2.24, 2.45) is 5.92 Å². The van der Waals surface area contributed by atoms with E-state index >= 15 is 0 Å². The Morgan fingerprint density at radius 2 is 2.21 bits per heavy atom. The highest BCUT2D eigenvalue weighted by molar-refractivity contribution is 5.78. The van der Waals surface area contributed by atoms with Gasteiger partial charge in [0.2, 0.25) is 0 Å². The lowest BCUT2D eigenvalue weighted by atomic mass is 9.96. The molecule has 1 aromatic carbocycles. The summed E-state index contributed by atoms with van der Waals surface area (Å²) in [6.45, 7) is 0.460. The number of esters is 1. The molecule has 2 nitrogen and oxygen atoms in total. The van der Waals surface area contributed by atoms with E-state index in [0.717, 1.165) is 11.1 Å². The second-order valence-corrected chi connectivity index (χ2v) is 3.89. The molecule has 0 bridgehead atoms. The number of carbonyl (C=O) groups excluding carboxylic acids is 1. The van der Waals surface area contributed by atoms with Crippen LogP contribution in [-0.2, 0) is 16.0 Å². The molecule has 0 aromatic heterocycles. The van der Waals surface area contributed by atoms with Crippen molar-refractivity contribution in [3.05, 3.63) is 35.1 Å². The molecule has 1 saturated heterocycles. The van der Waals surface area contributed by atoms with Crippen molar-refractivity contribution < 1.29 is 13.9 Å². The van der Waals surface area contributed by atoms with Crippen LogP contribution in [0.3, 0.4) is 0 Å². The van der Waals surface area contributed by atoms with Crippen molar-refractivity contribution in [1.82, 2.24) is 0 Å². The summed E-state index contributed by atoms with van der Waals surface area (Å²) in [5.74, 6) is -0.256. The van der Waals surface area contributed by atoms with Crippen LogP contribution < -0.4 is 0 Å². The number of hydrogen-bond donors (Lipinski definition) is 0. The molecule has 1 aliphatic carbocycles. The molecule has 3 rings (SSSR count). The van der Waals surface area contributed by atoms with Crippen LogP contribution in [0.1, 0.15) is 17.0 Å². The topological polar surface area (TPSA) is 26.3 Å². The first-order chi connectivity index (χ1) is 6.75. The Kier molecular flexibility index (Phi) is 1.46. The van der Waals surface area contributed by atoms with Gasteiger partial charge in [-0.25, -0.2) is 4.39 Å². The number of cyclic esters (lactones) is 1. The minimum atomic E-state index is -0.225. The molecule has 1 aliphatic heterocycles. The zero-order valence-electron chi connectivity index (χ0n) is 7.50. The predicted molar refractivity (Wildman–Crippen MR) is 47.3 cm³/mol. The summed E-state index contributed by atoms with van der Waals surface area (Å²) in [5, 5.41) is 0. The third-order valence-electron chi connectivity index (χ3n) is 3.14. The zero-order chi connectivity index (χ0) is 9.71. The Bertz CT molecular complexity index is 414. The van der Waals surface area contributed by atoms with Gasteiger partial charge in [-0.1, -0.05) is 6.07 Å². The number of carbonyl (C=O) groups is 1. The van der Waals surface area contributed by atoms with E-state index in [1.807, 2.05) is 0 Å². The van der Waals surface area contributed by atoms with Gasteiger partial charge in [-0.15, -0.1) is 0 Å². The van der Waals surface area contributed by atoms with Crippen molar-refractivity contribution in [2.45, 2.75) is 12.3 Å². The summed E-state index contributed by atoms with van der Waals surface area (Å²) in [7, 11) is 0. The molecule has 0 N–H and O–H groups in total. The highest BCUT2D eigenvalue weighted by Gasteiger charge is 2.43. The van der Waals surface area contributed by atoms with Crippen molar-refractivity contribution in [3.8, 4) is 0 Å². The van der Waals surface area contributed by atoms with E-state index in [-0.39, 0.29) is 23.6 Å². The van der Waals surface area contributed by atoms with Gasteiger partial charge in [0, 0.05) is 5.92 Å². The van der Waals surface area contributed by atoms with Crippen LogP contribution in [0.25, 0.3) is 0 Å². The minimum Gasteiger partial charge on any atom is -0.465 e. The van der Waals surface area contributed by atoms with Gasteiger partial charge in [0.15, 0.2) is 0 Å². The van der Waals surface area contributed by atoms with Crippen LogP contribution in [0, 0.1) is 11.7 Å². The first kappa shape index (κ1) is 7.97. The molecular formula is C11H9FO2. The van der Waals surface area contributed by atoms with Gasteiger partial charge in [0.1, 0.15) is 5.82 Å². The van der Waals surface area contributed by atoms with Crippen LogP contribution in [0.4, 0.5) is 4.39 Å². The Hall–Kier alpha value is -1.38. The van der Waals surface area contributed by atoms with Gasteiger partial charge in [0.25, 0.3) is 0 Å². The van der Waals surface area contributed by atoms with Gasteiger partial charge in [0.05, 0.1) is 12.5 Å². The number of halogens is 1. The lowest BCUT2D eigenvalue weighted by Gasteiger charge is -2.04. The smallest absolute Gasteiger partial charge is 0.310 e. The van der Waals surface area contributed by atoms with Crippen molar-refractivity contribution >= 4 is 5.97 Å². The maximum Gasteiger partial charge on any atom is 0.310 e. The highest BCUT2D eigenvalue weighted by atomic mass is 19.1. The summed E-state index contributed by atoms with van der Waals surface area (Å²) in [5.41, 5.74) is 2.05. The second kappa shape index (κ2) is 2.56. The number of rotatable bonds is 0. The number of fused-ring (bicyclic) bond motifs is 3. The first-order valence-electron chi connectivity index (χ1n) is 4.70. The molecule has 2 aliphatic rings. The normalized spacial score (nSPS) is 28.5. The number of benzene rings is 1. The minimum absolute atomic E-state index is 0.0631. The maximum absolute atomic E-state index is 12.9. The lowest BCUT2D eigenvalue weighted by Crippen LogP contribution is -2.09. The van der Waals surface area contributed by atoms with Gasteiger partial charge in [-0.05, 0) is 29.7 Å². The van der Waals surface area contributed by atoms with Gasteiger partial charge in [-0.3, -0.25) is 4.79 Å². The van der Waals surface area contributed by atoms with E-state index in [4.69, 9.17) is 4.74 Å². The SMILES string of the molecule is O=C1OC[C@@H]2c3ccc(F)cc3C[C@H]12. The molecule has 14 heavy (non-hydrogen) atoms. The zero-order valence-corrected chi connectivity index (χ0v) is 7.50. The third-order valence-corrected chi connectivity index (χ3v) is 3.14. The van der Waals surface area contributed by atoms with E-state index < -0.39 is 0 Å². The molecule has 3 heteroatoms. The molecule has 0 amide bonds. The fraction of sp³-hybridized carbons (Fsp3) is 0.364. The molecule has 0 radical (unpaired) electrons. The molecule has 1 heterocycles. The summed E-state index contributed by atoms with van der Waals surface area (Å²) < 4.78 is 17.9. The summed E-state index contributed by atoms with van der Waals surface area (Å²) in [4.78, 5) is 11.3. The van der Waals surface area contributed by atoms with Gasteiger partial charge >= 0.3 is 5.97 Å². The van der Waals surface area contributed by atoms with E-state index in [0.29, 0.717) is 13.0 Å². The third kappa shape index (κ3) is 0.924. The summed E-state index contributed by atoms with van der Waals surface area (Å²) in [6, 6.07) is 4.75. The Morgan fingerprint density at radius 1 is 1.36 bits per heavy atom. The predicted octanol–water partition coefficient (Wildman–Crippen LogP) is 1.64. The van der Waals surface area contributed by atoms with E-state index in [2.05, 4.69) is 0 Å². The van der Waals surface area contributed by atoms with Crippen LogP contribution in [0.15, 0.2) is 18.2 Å². The fourth-order valence-electron chi connectivity index (χ4n) is 2.44. The van der Waals surface area contributed by atoms with Gasteiger partial charge in [-0.2, -0.15) is 0 Å². The standard InChI is InChI=1S/C11H9FO2/c12-7-1-2-8-6(3-7)4-9-10(8)5-14-11(9)13/h1-3,9-10H,4-5H2/t9-,10+/m0/s1. The second-order valence-electron chi connectivity index (χ2n) is 3.89. The van der Waals surface area contributed by atoms with Crippen LogP contribution in [-0.4, -0.2) is 12.6 Å². The Morgan fingerprint density at radius 3 is 3.07 bits per heavy atom. The average Bonchev–Trinajstić information content (AvgIpc) is 2.66. The van der Waals surface area contributed by atoms with Crippen molar-refractivity contribution in [3.63, 3.8) is 0 Å². The largest absolute Gasteiger partial charge is 0.465 e. The Balaban J connectivity index is 2.08. The molecule has 0 saturated carbocycles.